The van der Waals surface area contributed by atoms with Crippen molar-refractivity contribution >= 4 is 11.9 Å². The summed E-state index contributed by atoms with van der Waals surface area (Å²) in [7, 11) is 0. The van der Waals surface area contributed by atoms with Crippen molar-refractivity contribution in [3.05, 3.63) is 12.2 Å². The van der Waals surface area contributed by atoms with Gasteiger partial charge in [-0.1, -0.05) is 360 Å². The number of unbranched alkanes of at least 4 members (excludes halogenated alkanes) is 55. The maximum Gasteiger partial charge on any atom is 0.305 e. The summed E-state index contributed by atoms with van der Waals surface area (Å²) in [6.07, 6.45) is 84.0. The Morgan fingerprint density at radius 2 is 0.603 bits per heavy atom. The molecule has 2 atom stereocenters. The third-order valence-corrected chi connectivity index (χ3v) is 17.1. The predicted molar refractivity (Wildman–Crippen MR) is 343 cm³/mol. The van der Waals surface area contributed by atoms with Crippen molar-refractivity contribution in [2.45, 2.75) is 424 Å². The van der Waals surface area contributed by atoms with Crippen molar-refractivity contribution in [1.82, 2.24) is 5.32 Å². The number of rotatable bonds is 68. The molecule has 6 heteroatoms. The van der Waals surface area contributed by atoms with Crippen LogP contribution in [0, 0.1) is 0 Å². The van der Waals surface area contributed by atoms with E-state index in [0.29, 0.717) is 25.9 Å². The molecule has 464 valence electrons. The molecule has 78 heavy (non-hydrogen) atoms. The zero-order valence-electron chi connectivity index (χ0n) is 53.2. The Hall–Kier alpha value is -1.40. The van der Waals surface area contributed by atoms with E-state index in [9.17, 15) is 19.8 Å². The Bertz CT molecular complexity index is 1180. The minimum atomic E-state index is -0.666. The molecule has 0 saturated carbocycles. The molecule has 0 spiro atoms. The van der Waals surface area contributed by atoms with Crippen molar-refractivity contribution in [3.8, 4) is 0 Å². The summed E-state index contributed by atoms with van der Waals surface area (Å²) in [5, 5.41) is 23.4. The predicted octanol–water partition coefficient (Wildman–Crippen LogP) is 23.1. The highest BCUT2D eigenvalue weighted by atomic mass is 16.5. The number of aliphatic hydroxyl groups is 2. The highest BCUT2D eigenvalue weighted by Crippen LogP contribution is 2.19. The molecule has 1 amide bonds. The number of ether oxygens (including phenoxy) is 1. The van der Waals surface area contributed by atoms with Gasteiger partial charge in [0.2, 0.25) is 5.91 Å². The molecule has 0 aliphatic rings. The minimum absolute atomic E-state index is 0.0184. The van der Waals surface area contributed by atoms with Crippen LogP contribution in [-0.2, 0) is 14.3 Å². The lowest BCUT2D eigenvalue weighted by Crippen LogP contribution is -2.45. The van der Waals surface area contributed by atoms with Crippen LogP contribution in [0.4, 0.5) is 0 Å². The second-order valence-electron chi connectivity index (χ2n) is 24.9. The van der Waals surface area contributed by atoms with Gasteiger partial charge in [0.15, 0.2) is 0 Å². The highest BCUT2D eigenvalue weighted by molar-refractivity contribution is 5.76. The fourth-order valence-corrected chi connectivity index (χ4v) is 11.6. The fraction of sp³-hybridized carbons (Fsp3) is 0.944. The first-order chi connectivity index (χ1) is 38.5. The maximum absolute atomic E-state index is 12.5. The molecule has 0 aliphatic carbocycles. The van der Waals surface area contributed by atoms with Crippen molar-refractivity contribution in [2.24, 2.45) is 0 Å². The normalized spacial score (nSPS) is 12.5. The molecule has 0 aromatic rings. The van der Waals surface area contributed by atoms with Gasteiger partial charge in [0, 0.05) is 12.8 Å². The van der Waals surface area contributed by atoms with Gasteiger partial charge in [0.25, 0.3) is 0 Å². The van der Waals surface area contributed by atoms with Crippen molar-refractivity contribution in [1.29, 1.82) is 0 Å². The van der Waals surface area contributed by atoms with Crippen LogP contribution in [0.5, 0.6) is 0 Å². The average Bonchev–Trinajstić information content (AvgIpc) is 3.44. The number of amides is 1. The molecule has 0 saturated heterocycles. The molecule has 0 rings (SSSR count). The third-order valence-electron chi connectivity index (χ3n) is 17.1. The summed E-state index contributed by atoms with van der Waals surface area (Å²) in [5.41, 5.74) is 0. The van der Waals surface area contributed by atoms with E-state index in [4.69, 9.17) is 4.74 Å². The Morgan fingerprint density at radius 3 is 0.910 bits per heavy atom. The van der Waals surface area contributed by atoms with Gasteiger partial charge >= 0.3 is 5.97 Å². The standard InChI is InChI=1S/C72H141NO5/c1-3-5-7-9-11-13-15-17-19-20-21-30-33-37-40-44-48-52-56-60-64-70(75)69(68-74)73-71(76)65-61-57-53-49-45-41-38-34-31-28-26-24-22-23-25-27-29-32-35-39-43-47-51-55-59-63-67-78-72(77)66-62-58-54-50-46-42-36-18-16-14-12-10-8-6-4-2/h22,24,69-70,74-75H,3-21,23,25-68H2,1-2H3,(H,73,76)/b24-22-. The van der Waals surface area contributed by atoms with E-state index in [-0.39, 0.29) is 18.5 Å². The van der Waals surface area contributed by atoms with E-state index >= 15 is 0 Å². The van der Waals surface area contributed by atoms with Gasteiger partial charge in [-0.2, -0.15) is 0 Å². The van der Waals surface area contributed by atoms with E-state index in [1.807, 2.05) is 0 Å². The average molecular weight is 1100 g/mol. The first kappa shape index (κ1) is 76.6. The molecular weight excluding hydrogens is 959 g/mol. The fourth-order valence-electron chi connectivity index (χ4n) is 11.6. The molecular formula is C72H141NO5. The molecule has 3 N–H and O–H groups in total. The van der Waals surface area contributed by atoms with Gasteiger partial charge in [-0.3, -0.25) is 9.59 Å². The van der Waals surface area contributed by atoms with Gasteiger partial charge in [0.05, 0.1) is 25.4 Å². The second-order valence-corrected chi connectivity index (χ2v) is 24.9. The van der Waals surface area contributed by atoms with Crippen molar-refractivity contribution in [2.75, 3.05) is 13.2 Å². The van der Waals surface area contributed by atoms with Crippen LogP contribution in [0.3, 0.4) is 0 Å². The van der Waals surface area contributed by atoms with E-state index < -0.39 is 12.1 Å². The molecule has 0 aliphatic heterocycles. The Labute approximate surface area is 489 Å². The molecule has 6 nitrogen and oxygen atoms in total. The monoisotopic (exact) mass is 1100 g/mol. The van der Waals surface area contributed by atoms with Crippen LogP contribution in [0.15, 0.2) is 12.2 Å². The van der Waals surface area contributed by atoms with Crippen molar-refractivity contribution < 1.29 is 24.5 Å². The number of carbonyl (C=O) groups is 2. The molecule has 0 heterocycles. The zero-order chi connectivity index (χ0) is 56.4. The van der Waals surface area contributed by atoms with Crippen LogP contribution >= 0.6 is 0 Å². The molecule has 0 fully saturated rings. The largest absolute Gasteiger partial charge is 0.466 e. The molecule has 0 radical (unpaired) electrons. The lowest BCUT2D eigenvalue weighted by molar-refractivity contribution is -0.143. The Morgan fingerprint density at radius 1 is 0.346 bits per heavy atom. The van der Waals surface area contributed by atoms with Gasteiger partial charge in [-0.15, -0.1) is 0 Å². The summed E-state index contributed by atoms with van der Waals surface area (Å²) in [6, 6.07) is -0.543. The van der Waals surface area contributed by atoms with Gasteiger partial charge in [-0.25, -0.2) is 0 Å². The van der Waals surface area contributed by atoms with Crippen LogP contribution in [0.25, 0.3) is 0 Å². The van der Waals surface area contributed by atoms with Gasteiger partial charge in [-0.05, 0) is 51.4 Å². The lowest BCUT2D eigenvalue weighted by Gasteiger charge is -2.22. The summed E-state index contributed by atoms with van der Waals surface area (Å²) in [5.74, 6) is -0.0137. The zero-order valence-corrected chi connectivity index (χ0v) is 53.2. The number of carbonyl (C=O) groups excluding carboxylic acids is 2. The molecule has 0 aromatic heterocycles. The first-order valence-corrected chi connectivity index (χ1v) is 35.9. The topological polar surface area (TPSA) is 95.9 Å². The number of esters is 1. The van der Waals surface area contributed by atoms with Gasteiger partial charge in [0.1, 0.15) is 0 Å². The maximum atomic E-state index is 12.5. The quantitative estimate of drug-likeness (QED) is 0.0320. The van der Waals surface area contributed by atoms with E-state index in [0.717, 1.165) is 38.5 Å². The first-order valence-electron chi connectivity index (χ1n) is 35.9. The highest BCUT2D eigenvalue weighted by Gasteiger charge is 2.20. The van der Waals surface area contributed by atoms with Crippen LogP contribution in [0.2, 0.25) is 0 Å². The van der Waals surface area contributed by atoms with E-state index in [2.05, 4.69) is 31.3 Å². The van der Waals surface area contributed by atoms with E-state index in [1.54, 1.807) is 0 Å². The smallest absolute Gasteiger partial charge is 0.305 e. The van der Waals surface area contributed by atoms with Crippen LogP contribution in [-0.4, -0.2) is 47.4 Å². The minimum Gasteiger partial charge on any atom is -0.466 e. The summed E-state index contributed by atoms with van der Waals surface area (Å²) in [6.45, 7) is 5.00. The Balaban J connectivity index is 3.38. The summed E-state index contributed by atoms with van der Waals surface area (Å²) < 4.78 is 5.50. The van der Waals surface area contributed by atoms with Gasteiger partial charge < -0.3 is 20.3 Å². The number of aliphatic hydroxyl groups excluding tert-OH is 2. The second kappa shape index (κ2) is 68.1. The SMILES string of the molecule is CCCCCCCCCCCCCCCCCCCCCCC(O)C(CO)NC(=O)CCCCCCCCCCCC/C=C\CCCCCCCCCCCCCCOC(=O)CCCCCCCCCCCCCCCCC. The third kappa shape index (κ3) is 63.8. The number of allylic oxidation sites excluding steroid dienone is 2. The van der Waals surface area contributed by atoms with E-state index in [1.165, 1.54) is 340 Å². The molecule has 2 unspecified atom stereocenters. The summed E-state index contributed by atoms with van der Waals surface area (Å²) >= 11 is 0. The number of nitrogens with one attached hydrogen (secondary N) is 1. The number of hydrogen-bond donors (Lipinski definition) is 3. The molecule has 0 aromatic carbocycles. The molecule has 0 bridgehead atoms. The number of hydrogen-bond acceptors (Lipinski definition) is 5. The lowest BCUT2D eigenvalue weighted by atomic mass is 10.0. The van der Waals surface area contributed by atoms with Crippen LogP contribution in [0.1, 0.15) is 412 Å². The van der Waals surface area contributed by atoms with Crippen molar-refractivity contribution in [3.63, 3.8) is 0 Å². The van der Waals surface area contributed by atoms with Crippen LogP contribution < -0.4 is 5.32 Å². The Kier molecular flexibility index (Phi) is 66.9. The summed E-state index contributed by atoms with van der Waals surface area (Å²) in [4.78, 5) is 24.6.